The zero-order valence-electron chi connectivity index (χ0n) is 10.8. The van der Waals surface area contributed by atoms with Gasteiger partial charge in [-0.3, -0.25) is 4.79 Å². The van der Waals surface area contributed by atoms with E-state index in [1.165, 1.54) is 6.07 Å². The number of carbonyl (C=O) groups excluding carboxylic acids is 2. The lowest BCUT2D eigenvalue weighted by atomic mass is 9.90. The normalized spacial score (nSPS) is 17.3. The maximum Gasteiger partial charge on any atom is 0.351 e. The van der Waals surface area contributed by atoms with E-state index in [1.807, 2.05) is 18.2 Å². The van der Waals surface area contributed by atoms with Crippen LogP contribution in [0.25, 0.3) is 0 Å². The zero-order valence-corrected chi connectivity index (χ0v) is 11.6. The van der Waals surface area contributed by atoms with Crippen molar-refractivity contribution in [3.05, 3.63) is 70.7 Å². The summed E-state index contributed by atoms with van der Waals surface area (Å²) in [4.78, 5) is 29.1. The number of hydrogen-bond donors (Lipinski definition) is 0. The van der Waals surface area contributed by atoms with Crippen molar-refractivity contribution in [3.63, 3.8) is 0 Å². The van der Waals surface area contributed by atoms with Crippen molar-refractivity contribution < 1.29 is 14.4 Å². The Morgan fingerprint density at radius 1 is 1.10 bits per heavy atom. The molecule has 0 saturated carbocycles. The van der Waals surface area contributed by atoms with Crippen LogP contribution in [-0.4, -0.2) is 17.5 Å². The summed E-state index contributed by atoms with van der Waals surface area (Å²) in [5, 5.41) is 4.19. The molecule has 1 aliphatic rings. The van der Waals surface area contributed by atoms with E-state index in [0.29, 0.717) is 21.9 Å². The number of Topliss-reactive ketones (excluding diaryl/α,β-unsaturated/α-hetero) is 1. The van der Waals surface area contributed by atoms with Gasteiger partial charge in [0.15, 0.2) is 11.7 Å². The Bertz CT molecular complexity index is 740. The molecule has 0 N–H and O–H groups in total. The topological polar surface area (TPSA) is 55.7 Å². The highest BCUT2D eigenvalue weighted by molar-refractivity contribution is 6.32. The molecule has 1 unspecified atom stereocenters. The molecular formula is C16H10ClNO3. The van der Waals surface area contributed by atoms with E-state index in [-0.39, 0.29) is 5.78 Å². The fraction of sp³-hybridized carbons (Fsp3) is 0.0625. The van der Waals surface area contributed by atoms with Gasteiger partial charge in [-0.25, -0.2) is 4.79 Å². The molecule has 0 aromatic heterocycles. The quantitative estimate of drug-likeness (QED) is 0.497. The van der Waals surface area contributed by atoms with Crippen molar-refractivity contribution in [1.82, 2.24) is 0 Å². The molecule has 1 aliphatic heterocycles. The van der Waals surface area contributed by atoms with Crippen molar-refractivity contribution >= 4 is 29.1 Å². The molecule has 2 aromatic carbocycles. The molecule has 0 aliphatic carbocycles. The first-order valence-corrected chi connectivity index (χ1v) is 6.68. The summed E-state index contributed by atoms with van der Waals surface area (Å²) < 4.78 is 0. The Labute approximate surface area is 126 Å². The van der Waals surface area contributed by atoms with Crippen LogP contribution in [-0.2, 0) is 9.63 Å². The predicted molar refractivity (Wildman–Crippen MR) is 78.3 cm³/mol. The predicted octanol–water partition coefficient (Wildman–Crippen LogP) is 3.10. The summed E-state index contributed by atoms with van der Waals surface area (Å²) in [6, 6.07) is 15.5. The highest BCUT2D eigenvalue weighted by atomic mass is 35.5. The maximum atomic E-state index is 12.6. The number of carbonyl (C=O) groups is 2. The van der Waals surface area contributed by atoms with Crippen molar-refractivity contribution in [2.24, 2.45) is 11.1 Å². The van der Waals surface area contributed by atoms with E-state index >= 15 is 0 Å². The number of halogens is 1. The average molecular weight is 300 g/mol. The number of hydrogen-bond acceptors (Lipinski definition) is 4. The smallest absolute Gasteiger partial charge is 0.317 e. The van der Waals surface area contributed by atoms with Crippen molar-refractivity contribution in [2.75, 3.05) is 0 Å². The lowest BCUT2D eigenvalue weighted by molar-refractivity contribution is -0.142. The summed E-state index contributed by atoms with van der Waals surface area (Å²) in [5.74, 6) is -2.09. The largest absolute Gasteiger partial charge is 0.351 e. The minimum atomic E-state index is -1.05. The van der Waals surface area contributed by atoms with Gasteiger partial charge in [-0.2, -0.15) is 0 Å². The van der Waals surface area contributed by atoms with E-state index in [9.17, 15) is 9.59 Å². The van der Waals surface area contributed by atoms with Gasteiger partial charge in [0.25, 0.3) is 0 Å². The molecule has 2 aromatic rings. The number of rotatable bonds is 3. The van der Waals surface area contributed by atoms with Crippen LogP contribution in [0.5, 0.6) is 0 Å². The molecule has 0 amide bonds. The van der Waals surface area contributed by atoms with Crippen LogP contribution in [0.4, 0.5) is 0 Å². The monoisotopic (exact) mass is 299 g/mol. The summed E-state index contributed by atoms with van der Waals surface area (Å²) >= 11 is 5.89. The van der Waals surface area contributed by atoms with Crippen LogP contribution >= 0.6 is 11.6 Å². The van der Waals surface area contributed by atoms with E-state index in [0.717, 1.165) is 0 Å². The average Bonchev–Trinajstić information content (AvgIpc) is 2.89. The van der Waals surface area contributed by atoms with Crippen LogP contribution in [0.15, 0.2) is 59.8 Å². The van der Waals surface area contributed by atoms with E-state index in [2.05, 4.69) is 5.16 Å². The van der Waals surface area contributed by atoms with Gasteiger partial charge >= 0.3 is 5.97 Å². The summed E-state index contributed by atoms with van der Waals surface area (Å²) in [7, 11) is 0. The van der Waals surface area contributed by atoms with Gasteiger partial charge < -0.3 is 4.84 Å². The molecule has 0 bridgehead atoms. The Morgan fingerprint density at radius 2 is 1.86 bits per heavy atom. The SMILES string of the molecule is O=C1ON=C(c2ccccc2)C1C(=O)c1cccc(Cl)c1. The van der Waals surface area contributed by atoms with Gasteiger partial charge in [0, 0.05) is 16.1 Å². The Hall–Kier alpha value is -2.46. The first-order chi connectivity index (χ1) is 10.2. The van der Waals surface area contributed by atoms with E-state index in [1.54, 1.807) is 30.3 Å². The fourth-order valence-corrected chi connectivity index (χ4v) is 2.37. The molecule has 104 valence electrons. The molecule has 21 heavy (non-hydrogen) atoms. The number of benzene rings is 2. The maximum absolute atomic E-state index is 12.6. The summed E-state index contributed by atoms with van der Waals surface area (Å²) in [6.45, 7) is 0. The Balaban J connectivity index is 1.98. The molecule has 0 radical (unpaired) electrons. The Morgan fingerprint density at radius 3 is 2.57 bits per heavy atom. The third-order valence-electron chi connectivity index (χ3n) is 3.18. The first-order valence-electron chi connectivity index (χ1n) is 6.31. The van der Waals surface area contributed by atoms with Crippen molar-refractivity contribution in [1.29, 1.82) is 0 Å². The number of nitrogens with zero attached hydrogens (tertiary/aromatic N) is 1. The van der Waals surface area contributed by atoms with Gasteiger partial charge in [-0.15, -0.1) is 0 Å². The molecule has 0 saturated heterocycles. The highest BCUT2D eigenvalue weighted by Gasteiger charge is 2.40. The third-order valence-corrected chi connectivity index (χ3v) is 3.42. The molecule has 3 rings (SSSR count). The Kier molecular flexibility index (Phi) is 3.54. The molecule has 0 fully saturated rings. The van der Waals surface area contributed by atoms with E-state index in [4.69, 9.17) is 16.4 Å². The minimum Gasteiger partial charge on any atom is -0.317 e. The molecule has 1 atom stereocenters. The van der Waals surface area contributed by atoms with Crippen LogP contribution in [0.2, 0.25) is 5.02 Å². The molecule has 4 nitrogen and oxygen atoms in total. The van der Waals surface area contributed by atoms with E-state index < -0.39 is 11.9 Å². The zero-order chi connectivity index (χ0) is 14.8. The van der Waals surface area contributed by atoms with Crippen LogP contribution in [0.1, 0.15) is 15.9 Å². The second-order valence-electron chi connectivity index (χ2n) is 4.56. The van der Waals surface area contributed by atoms with Crippen LogP contribution in [0.3, 0.4) is 0 Å². The minimum absolute atomic E-state index is 0.325. The van der Waals surface area contributed by atoms with Gasteiger partial charge in [0.05, 0.1) is 0 Å². The summed E-state index contributed by atoms with van der Waals surface area (Å²) in [6.07, 6.45) is 0. The molecule has 1 heterocycles. The van der Waals surface area contributed by atoms with Gasteiger partial charge in [0.2, 0.25) is 0 Å². The second-order valence-corrected chi connectivity index (χ2v) is 5.00. The van der Waals surface area contributed by atoms with Crippen molar-refractivity contribution in [2.45, 2.75) is 0 Å². The number of oxime groups is 1. The second kappa shape index (κ2) is 5.50. The van der Waals surface area contributed by atoms with Gasteiger partial charge in [-0.05, 0) is 12.1 Å². The molecule has 0 spiro atoms. The fourth-order valence-electron chi connectivity index (χ4n) is 2.18. The number of ketones is 1. The van der Waals surface area contributed by atoms with Crippen LogP contribution in [0, 0.1) is 5.92 Å². The molecular weight excluding hydrogens is 290 g/mol. The standard InChI is InChI=1S/C16H10ClNO3/c17-12-8-4-7-11(9-12)15(19)13-14(18-21-16(13)20)10-5-2-1-3-6-10/h1-9,13H. The highest BCUT2D eigenvalue weighted by Crippen LogP contribution is 2.23. The lowest BCUT2D eigenvalue weighted by Gasteiger charge is -2.08. The summed E-state index contributed by atoms with van der Waals surface area (Å²) in [5.41, 5.74) is 1.37. The van der Waals surface area contributed by atoms with Crippen LogP contribution < -0.4 is 0 Å². The van der Waals surface area contributed by atoms with Crippen molar-refractivity contribution in [3.8, 4) is 0 Å². The third kappa shape index (κ3) is 2.58. The van der Waals surface area contributed by atoms with Gasteiger partial charge in [0.1, 0.15) is 5.71 Å². The lowest BCUT2D eigenvalue weighted by Crippen LogP contribution is -2.28. The van der Waals surface area contributed by atoms with Gasteiger partial charge in [-0.1, -0.05) is 59.2 Å². The molecule has 5 heteroatoms. The first kappa shape index (κ1) is 13.5.